The van der Waals surface area contributed by atoms with Gasteiger partial charge in [0.25, 0.3) is 5.91 Å². The van der Waals surface area contributed by atoms with Crippen LogP contribution in [0.4, 0.5) is 0 Å². The molecule has 1 atom stereocenters. The van der Waals surface area contributed by atoms with Crippen LogP contribution < -0.4 is 11.1 Å². The highest BCUT2D eigenvalue weighted by Gasteiger charge is 2.14. The van der Waals surface area contributed by atoms with Crippen molar-refractivity contribution in [2.75, 3.05) is 0 Å². The number of benzene rings is 1. The van der Waals surface area contributed by atoms with Crippen molar-refractivity contribution < 1.29 is 9.21 Å². The van der Waals surface area contributed by atoms with Crippen molar-refractivity contribution in [1.29, 1.82) is 0 Å². The smallest absolute Gasteiger partial charge is 0.287 e. The second kappa shape index (κ2) is 5.91. The van der Waals surface area contributed by atoms with Crippen LogP contribution >= 0.6 is 11.6 Å². The average Bonchev–Trinajstić information content (AvgIpc) is 2.87. The number of halogens is 1. The van der Waals surface area contributed by atoms with E-state index in [0.717, 1.165) is 5.56 Å². The topological polar surface area (TPSA) is 68.3 Å². The van der Waals surface area contributed by atoms with Gasteiger partial charge < -0.3 is 15.5 Å². The predicted molar refractivity (Wildman–Crippen MR) is 73.9 cm³/mol. The molecule has 3 N–H and O–H groups in total. The largest absolute Gasteiger partial charge is 0.455 e. The van der Waals surface area contributed by atoms with E-state index in [0.29, 0.717) is 10.8 Å². The highest BCUT2D eigenvalue weighted by atomic mass is 35.5. The van der Waals surface area contributed by atoms with Gasteiger partial charge in [0.2, 0.25) is 0 Å². The number of nitrogens with two attached hydrogens (primary N) is 1. The van der Waals surface area contributed by atoms with Gasteiger partial charge >= 0.3 is 0 Å². The van der Waals surface area contributed by atoms with E-state index in [2.05, 4.69) is 5.32 Å². The summed E-state index contributed by atoms with van der Waals surface area (Å²) < 4.78 is 5.29. The second-order valence-corrected chi connectivity index (χ2v) is 4.66. The highest BCUT2D eigenvalue weighted by Crippen LogP contribution is 2.18. The Labute approximate surface area is 116 Å². The fraction of sp³-hybridized carbons (Fsp3) is 0.214. The molecule has 19 heavy (non-hydrogen) atoms. The van der Waals surface area contributed by atoms with Gasteiger partial charge in [0.1, 0.15) is 5.76 Å². The summed E-state index contributed by atoms with van der Waals surface area (Å²) in [7, 11) is 0. The van der Waals surface area contributed by atoms with Crippen LogP contribution in [0.5, 0.6) is 0 Å². The third-order valence-electron chi connectivity index (χ3n) is 2.78. The molecule has 2 aromatic rings. The molecule has 2 rings (SSSR count). The zero-order chi connectivity index (χ0) is 13.8. The first kappa shape index (κ1) is 13.6. The van der Waals surface area contributed by atoms with Crippen LogP contribution in [0.25, 0.3) is 0 Å². The van der Waals surface area contributed by atoms with E-state index in [4.69, 9.17) is 21.8 Å². The standard InChI is InChI=1S/C14H15ClN2O2/c1-9(10-3-2-4-11(15)7-10)17-14(18)13-6-5-12(8-16)19-13/h2-7,9H,8,16H2,1H3,(H,17,18)/t9-/m0/s1. The third-order valence-corrected chi connectivity index (χ3v) is 3.02. The molecular weight excluding hydrogens is 264 g/mol. The van der Waals surface area contributed by atoms with E-state index in [1.54, 1.807) is 18.2 Å². The number of furan rings is 1. The summed E-state index contributed by atoms with van der Waals surface area (Å²) in [6, 6.07) is 10.5. The molecule has 0 spiro atoms. The van der Waals surface area contributed by atoms with Gasteiger partial charge in [-0.15, -0.1) is 0 Å². The Morgan fingerprint density at radius 1 is 1.42 bits per heavy atom. The molecule has 1 amide bonds. The first-order valence-electron chi connectivity index (χ1n) is 5.95. The Bertz CT molecular complexity index is 580. The molecule has 100 valence electrons. The maximum absolute atomic E-state index is 12.0. The Morgan fingerprint density at radius 3 is 2.84 bits per heavy atom. The zero-order valence-electron chi connectivity index (χ0n) is 10.5. The maximum Gasteiger partial charge on any atom is 0.287 e. The number of carbonyl (C=O) groups is 1. The van der Waals surface area contributed by atoms with Gasteiger partial charge in [-0.05, 0) is 36.8 Å². The van der Waals surface area contributed by atoms with Gasteiger partial charge in [-0.25, -0.2) is 0 Å². The Kier molecular flexibility index (Phi) is 4.24. The van der Waals surface area contributed by atoms with Crippen molar-refractivity contribution >= 4 is 17.5 Å². The van der Waals surface area contributed by atoms with Crippen molar-refractivity contribution in [2.24, 2.45) is 5.73 Å². The molecular formula is C14H15ClN2O2. The molecule has 0 saturated carbocycles. The van der Waals surface area contributed by atoms with Crippen LogP contribution in [0.15, 0.2) is 40.8 Å². The summed E-state index contributed by atoms with van der Waals surface area (Å²) in [5.74, 6) is 0.571. The van der Waals surface area contributed by atoms with Crippen LogP contribution in [-0.2, 0) is 6.54 Å². The lowest BCUT2D eigenvalue weighted by molar-refractivity contribution is 0.0910. The Morgan fingerprint density at radius 2 is 2.21 bits per heavy atom. The van der Waals surface area contributed by atoms with Crippen LogP contribution in [-0.4, -0.2) is 5.91 Å². The summed E-state index contributed by atoms with van der Waals surface area (Å²) in [6.07, 6.45) is 0. The van der Waals surface area contributed by atoms with Gasteiger partial charge in [-0.2, -0.15) is 0 Å². The fourth-order valence-electron chi connectivity index (χ4n) is 1.74. The molecule has 0 fully saturated rings. The van der Waals surface area contributed by atoms with Crippen LogP contribution in [0, 0.1) is 0 Å². The lowest BCUT2D eigenvalue weighted by atomic mass is 10.1. The minimum atomic E-state index is -0.271. The quantitative estimate of drug-likeness (QED) is 0.903. The molecule has 1 heterocycles. The maximum atomic E-state index is 12.0. The van der Waals surface area contributed by atoms with Crippen molar-refractivity contribution in [3.05, 3.63) is 58.5 Å². The van der Waals surface area contributed by atoms with Gasteiger partial charge in [0.05, 0.1) is 12.6 Å². The number of amides is 1. The van der Waals surface area contributed by atoms with Crippen molar-refractivity contribution in [1.82, 2.24) is 5.32 Å². The van der Waals surface area contributed by atoms with Crippen molar-refractivity contribution in [3.63, 3.8) is 0 Å². The SMILES string of the molecule is C[C@H](NC(=O)c1ccc(CN)o1)c1cccc(Cl)c1. The predicted octanol–water partition coefficient (Wildman–Crippen LogP) is 2.88. The van der Waals surface area contributed by atoms with E-state index < -0.39 is 0 Å². The van der Waals surface area contributed by atoms with Gasteiger partial charge in [-0.1, -0.05) is 23.7 Å². The van der Waals surface area contributed by atoms with Gasteiger partial charge in [0.15, 0.2) is 5.76 Å². The first-order valence-corrected chi connectivity index (χ1v) is 6.33. The zero-order valence-corrected chi connectivity index (χ0v) is 11.3. The van der Waals surface area contributed by atoms with Crippen LogP contribution in [0.3, 0.4) is 0 Å². The number of rotatable bonds is 4. The summed E-state index contributed by atoms with van der Waals surface area (Å²) in [5, 5.41) is 3.49. The summed E-state index contributed by atoms with van der Waals surface area (Å²) >= 11 is 5.92. The average molecular weight is 279 g/mol. The number of hydrogen-bond donors (Lipinski definition) is 2. The second-order valence-electron chi connectivity index (χ2n) is 4.22. The highest BCUT2D eigenvalue weighted by molar-refractivity contribution is 6.30. The van der Waals surface area contributed by atoms with E-state index in [1.165, 1.54) is 0 Å². The van der Waals surface area contributed by atoms with Crippen LogP contribution in [0.2, 0.25) is 5.02 Å². The molecule has 4 nitrogen and oxygen atoms in total. The molecule has 5 heteroatoms. The van der Waals surface area contributed by atoms with Gasteiger partial charge in [0, 0.05) is 5.02 Å². The number of carbonyl (C=O) groups excluding carboxylic acids is 1. The summed E-state index contributed by atoms with van der Waals surface area (Å²) in [6.45, 7) is 2.16. The Balaban J connectivity index is 2.06. The summed E-state index contributed by atoms with van der Waals surface area (Å²) in [4.78, 5) is 12.0. The first-order chi connectivity index (χ1) is 9.10. The molecule has 1 aromatic carbocycles. The molecule has 0 saturated heterocycles. The van der Waals surface area contributed by atoms with E-state index in [9.17, 15) is 4.79 Å². The molecule has 0 aliphatic rings. The number of nitrogens with one attached hydrogen (secondary N) is 1. The van der Waals surface area contributed by atoms with Crippen molar-refractivity contribution in [3.8, 4) is 0 Å². The van der Waals surface area contributed by atoms with E-state index >= 15 is 0 Å². The van der Waals surface area contributed by atoms with Crippen LogP contribution in [0.1, 0.15) is 34.8 Å². The number of hydrogen-bond acceptors (Lipinski definition) is 3. The van der Waals surface area contributed by atoms with Crippen molar-refractivity contribution in [2.45, 2.75) is 19.5 Å². The fourth-order valence-corrected chi connectivity index (χ4v) is 1.94. The monoisotopic (exact) mass is 278 g/mol. The lowest BCUT2D eigenvalue weighted by Crippen LogP contribution is -2.26. The minimum absolute atomic E-state index is 0.155. The Hall–Kier alpha value is -1.78. The molecule has 0 unspecified atom stereocenters. The molecule has 0 bridgehead atoms. The molecule has 0 aliphatic carbocycles. The lowest BCUT2D eigenvalue weighted by Gasteiger charge is -2.13. The van der Waals surface area contributed by atoms with E-state index in [1.807, 2.05) is 25.1 Å². The molecule has 0 radical (unpaired) electrons. The molecule has 1 aromatic heterocycles. The minimum Gasteiger partial charge on any atom is -0.455 e. The molecule has 0 aliphatic heterocycles. The van der Waals surface area contributed by atoms with E-state index in [-0.39, 0.29) is 24.3 Å². The normalized spacial score (nSPS) is 12.2. The summed E-state index contributed by atoms with van der Waals surface area (Å²) in [5.41, 5.74) is 6.37. The van der Waals surface area contributed by atoms with Gasteiger partial charge in [-0.3, -0.25) is 4.79 Å². The third kappa shape index (κ3) is 3.36.